The first-order valence-corrected chi connectivity index (χ1v) is 16.0. The molecule has 1 rings (SSSR count). The van der Waals surface area contributed by atoms with Gasteiger partial charge in [-0.05, 0) is 67.7 Å². The number of hydrogen-bond acceptors (Lipinski definition) is 2. The Bertz CT molecular complexity index is 584. The van der Waals surface area contributed by atoms with Crippen molar-refractivity contribution in [3.63, 3.8) is 0 Å². The minimum Gasteiger partial charge on any atom is -0.403 e. The summed E-state index contributed by atoms with van der Waals surface area (Å²) in [5.74, 6) is 12.9. The van der Waals surface area contributed by atoms with Gasteiger partial charge in [0.2, 0.25) is 0 Å². The van der Waals surface area contributed by atoms with Crippen LogP contribution in [0.1, 0.15) is 60.8 Å². The topological polar surface area (TPSA) is 18.5 Å². The van der Waals surface area contributed by atoms with Crippen LogP contribution in [-0.4, -0.2) is 28.8 Å². The van der Waals surface area contributed by atoms with Crippen LogP contribution in [0.2, 0.25) is 36.3 Å². The lowest BCUT2D eigenvalue weighted by atomic mass is 10.1. The van der Waals surface area contributed by atoms with Gasteiger partial charge in [-0.1, -0.05) is 65.2 Å². The van der Waals surface area contributed by atoms with Crippen LogP contribution < -0.4 is 0 Å². The molecule has 0 spiro atoms. The van der Waals surface area contributed by atoms with Crippen molar-refractivity contribution < 1.29 is 8.85 Å². The van der Waals surface area contributed by atoms with Crippen molar-refractivity contribution in [2.75, 3.05) is 0 Å². The highest BCUT2D eigenvalue weighted by molar-refractivity contribution is 6.74. The normalized spacial score (nSPS) is 23.3. The quantitative estimate of drug-likeness (QED) is 0.392. The molecule has 27 heavy (non-hydrogen) atoms. The average Bonchev–Trinajstić information content (AvgIpc) is 2.50. The van der Waals surface area contributed by atoms with Crippen LogP contribution in [0, 0.1) is 23.7 Å². The summed E-state index contributed by atoms with van der Waals surface area (Å²) in [4.78, 5) is 0. The maximum absolute atomic E-state index is 6.56. The highest BCUT2D eigenvalue weighted by Crippen LogP contribution is 2.39. The molecule has 0 aromatic carbocycles. The van der Waals surface area contributed by atoms with Crippen molar-refractivity contribution in [2.45, 2.75) is 109 Å². The van der Waals surface area contributed by atoms with Gasteiger partial charge in [-0.3, -0.25) is 0 Å². The summed E-state index contributed by atoms with van der Waals surface area (Å²) in [5.41, 5.74) is 0. The molecule has 0 amide bonds. The molecule has 0 bridgehead atoms. The highest BCUT2D eigenvalue weighted by Gasteiger charge is 2.40. The molecule has 2 unspecified atom stereocenters. The number of rotatable bonds is 4. The minimum atomic E-state index is -1.84. The van der Waals surface area contributed by atoms with Crippen molar-refractivity contribution in [2.24, 2.45) is 0 Å². The summed E-state index contributed by atoms with van der Waals surface area (Å²) in [7, 11) is -3.67. The Morgan fingerprint density at radius 2 is 1.04 bits per heavy atom. The molecule has 0 aromatic rings. The van der Waals surface area contributed by atoms with Crippen molar-refractivity contribution >= 4 is 16.6 Å². The Balaban J connectivity index is 2.90. The molecular weight excluding hydrogens is 364 g/mol. The molecule has 0 N–H and O–H groups in total. The molecule has 0 fully saturated rings. The van der Waals surface area contributed by atoms with Gasteiger partial charge < -0.3 is 8.85 Å². The van der Waals surface area contributed by atoms with E-state index in [9.17, 15) is 0 Å². The lowest BCUT2D eigenvalue weighted by molar-refractivity contribution is 0.194. The fraction of sp³-hybridized carbons (Fsp3) is 0.739. The summed E-state index contributed by atoms with van der Waals surface area (Å²) in [6, 6.07) is 0. The van der Waals surface area contributed by atoms with Gasteiger partial charge in [0, 0.05) is 0 Å². The van der Waals surface area contributed by atoms with Crippen LogP contribution in [0.4, 0.5) is 0 Å². The summed E-state index contributed by atoms with van der Waals surface area (Å²) >= 11 is 0. The molecule has 0 heterocycles. The standard InChI is InChI=1S/C23H40O2Si2/c1-22(2,3)26(7,8)24-20-16-13-11-12-14-17-21(19-15-18-20)25-27(9,10)23(4,5)6/h11-12,20-21H,15,18-19H2,1-10H3/b12-11-. The Morgan fingerprint density at radius 1 is 0.704 bits per heavy atom. The second kappa shape index (κ2) is 9.14. The molecule has 0 saturated carbocycles. The van der Waals surface area contributed by atoms with Gasteiger partial charge in [0.25, 0.3) is 0 Å². The zero-order valence-electron chi connectivity index (χ0n) is 19.2. The van der Waals surface area contributed by atoms with Crippen LogP contribution in [0.15, 0.2) is 12.2 Å². The fourth-order valence-corrected chi connectivity index (χ4v) is 4.72. The smallest absolute Gasteiger partial charge is 0.193 e. The Labute approximate surface area is 170 Å². The van der Waals surface area contributed by atoms with Crippen LogP contribution in [-0.2, 0) is 8.85 Å². The third-order valence-electron chi connectivity index (χ3n) is 6.16. The van der Waals surface area contributed by atoms with Crippen LogP contribution in [0.3, 0.4) is 0 Å². The first-order valence-electron chi connectivity index (χ1n) is 10.2. The number of allylic oxidation sites excluding steroid dienone is 2. The first-order chi connectivity index (χ1) is 12.2. The molecule has 4 heteroatoms. The molecule has 0 aromatic heterocycles. The van der Waals surface area contributed by atoms with Crippen molar-refractivity contribution in [1.82, 2.24) is 0 Å². The van der Waals surface area contributed by atoms with Gasteiger partial charge in [-0.25, -0.2) is 0 Å². The first kappa shape index (κ1) is 24.3. The fourth-order valence-electron chi connectivity index (χ4n) is 2.24. The predicted molar refractivity (Wildman–Crippen MR) is 123 cm³/mol. The molecular formula is C23H40O2Si2. The van der Waals surface area contributed by atoms with Crippen molar-refractivity contribution in [3.05, 3.63) is 12.2 Å². The predicted octanol–water partition coefficient (Wildman–Crippen LogP) is 6.51. The van der Waals surface area contributed by atoms with E-state index in [0.717, 1.165) is 19.3 Å². The average molecular weight is 405 g/mol. The summed E-state index contributed by atoms with van der Waals surface area (Å²) in [6.07, 6.45) is 6.54. The zero-order valence-corrected chi connectivity index (χ0v) is 21.2. The monoisotopic (exact) mass is 404 g/mol. The summed E-state index contributed by atoms with van der Waals surface area (Å²) in [6.45, 7) is 22.8. The molecule has 1 aliphatic rings. The molecule has 2 nitrogen and oxygen atoms in total. The van der Waals surface area contributed by atoms with E-state index in [1.54, 1.807) is 0 Å². The third kappa shape index (κ3) is 7.62. The zero-order chi connectivity index (χ0) is 20.9. The molecule has 0 aliphatic heterocycles. The van der Waals surface area contributed by atoms with Gasteiger partial charge in [-0.15, -0.1) is 0 Å². The highest BCUT2D eigenvalue weighted by atomic mass is 28.4. The van der Waals surface area contributed by atoms with E-state index in [4.69, 9.17) is 8.85 Å². The SMILES string of the molecule is CC(C)(C)[Si](C)(C)OC1C#C/C=C\C#CC(O[Si](C)(C)C(C)(C)C)CCC1. The van der Waals surface area contributed by atoms with Gasteiger partial charge in [-0.2, -0.15) is 0 Å². The van der Waals surface area contributed by atoms with Gasteiger partial charge in [0.05, 0.1) is 0 Å². The van der Waals surface area contributed by atoms with E-state index in [-0.39, 0.29) is 22.3 Å². The van der Waals surface area contributed by atoms with Crippen LogP contribution in [0.5, 0.6) is 0 Å². The third-order valence-corrected chi connectivity index (χ3v) is 15.1. The van der Waals surface area contributed by atoms with E-state index < -0.39 is 16.6 Å². The van der Waals surface area contributed by atoms with Gasteiger partial charge in [0.1, 0.15) is 12.2 Å². The largest absolute Gasteiger partial charge is 0.403 e. The van der Waals surface area contributed by atoms with E-state index >= 15 is 0 Å². The maximum atomic E-state index is 6.56. The molecule has 0 radical (unpaired) electrons. The Morgan fingerprint density at radius 3 is 1.33 bits per heavy atom. The Kier molecular flexibility index (Phi) is 8.21. The molecule has 0 saturated heterocycles. The van der Waals surface area contributed by atoms with E-state index in [0.29, 0.717) is 0 Å². The van der Waals surface area contributed by atoms with E-state index in [2.05, 4.69) is 91.4 Å². The van der Waals surface area contributed by atoms with Crippen LogP contribution >= 0.6 is 0 Å². The maximum Gasteiger partial charge on any atom is 0.193 e. The van der Waals surface area contributed by atoms with Crippen molar-refractivity contribution in [3.8, 4) is 23.7 Å². The second-order valence-electron chi connectivity index (χ2n) is 10.6. The summed E-state index contributed by atoms with van der Waals surface area (Å²) in [5, 5.41) is 0.377. The number of hydrogen-bond donors (Lipinski definition) is 0. The molecule has 1 aliphatic carbocycles. The lowest BCUT2D eigenvalue weighted by Gasteiger charge is -2.39. The van der Waals surface area contributed by atoms with Gasteiger partial charge >= 0.3 is 0 Å². The Hall–Kier alpha value is -0.786. The molecule has 152 valence electrons. The minimum absolute atomic E-state index is 0.0119. The van der Waals surface area contributed by atoms with E-state index in [1.807, 2.05) is 12.2 Å². The second-order valence-corrected chi connectivity index (χ2v) is 20.1. The van der Waals surface area contributed by atoms with E-state index in [1.165, 1.54) is 0 Å². The van der Waals surface area contributed by atoms with Gasteiger partial charge in [0.15, 0.2) is 16.6 Å². The molecule has 2 atom stereocenters. The lowest BCUT2D eigenvalue weighted by Crippen LogP contribution is -2.44. The summed E-state index contributed by atoms with van der Waals surface area (Å²) < 4.78 is 13.1. The van der Waals surface area contributed by atoms with Crippen LogP contribution in [0.25, 0.3) is 0 Å². The van der Waals surface area contributed by atoms with Crippen molar-refractivity contribution in [1.29, 1.82) is 0 Å².